The molecule has 1 aliphatic heterocycles. The van der Waals surface area contributed by atoms with Gasteiger partial charge in [0, 0.05) is 36.3 Å². The van der Waals surface area contributed by atoms with Gasteiger partial charge < -0.3 is 10.6 Å². The molecule has 2 unspecified atom stereocenters. The smallest absolute Gasteiger partial charge is 0.0772 e. The van der Waals surface area contributed by atoms with E-state index in [1.165, 1.54) is 5.69 Å². The molecule has 2 rings (SSSR count). The van der Waals surface area contributed by atoms with Crippen molar-refractivity contribution in [3.8, 4) is 0 Å². The second-order valence-electron chi connectivity index (χ2n) is 4.34. The van der Waals surface area contributed by atoms with Crippen molar-refractivity contribution in [3.05, 3.63) is 24.0 Å². The Hall–Kier alpha value is -0.740. The van der Waals surface area contributed by atoms with Crippen LogP contribution in [0.2, 0.25) is 0 Å². The van der Waals surface area contributed by atoms with Crippen LogP contribution in [0, 0.1) is 0 Å². The largest absolute Gasteiger partial charge is 0.368 e. The number of pyridine rings is 1. The number of thioether (sulfide) groups is 1. The molecule has 1 aromatic heterocycles. The zero-order chi connectivity index (χ0) is 11.5. The van der Waals surface area contributed by atoms with E-state index in [0.717, 1.165) is 18.8 Å². The van der Waals surface area contributed by atoms with Gasteiger partial charge in [0.1, 0.15) is 0 Å². The Labute approximate surface area is 101 Å². The van der Waals surface area contributed by atoms with E-state index in [1.54, 1.807) is 0 Å². The molecule has 0 bridgehead atoms. The lowest BCUT2D eigenvalue weighted by atomic mass is 10.2. The molecule has 4 heteroatoms. The molecule has 1 aromatic rings. The lowest BCUT2D eigenvalue weighted by Gasteiger charge is -2.36. The monoisotopic (exact) mass is 237 g/mol. The van der Waals surface area contributed by atoms with Gasteiger partial charge in [-0.2, -0.15) is 11.8 Å². The summed E-state index contributed by atoms with van der Waals surface area (Å²) in [4.78, 5) is 6.77. The molecule has 0 amide bonds. The van der Waals surface area contributed by atoms with E-state index in [9.17, 15) is 0 Å². The van der Waals surface area contributed by atoms with Crippen LogP contribution < -0.4 is 10.6 Å². The van der Waals surface area contributed by atoms with Gasteiger partial charge in [0.15, 0.2) is 0 Å². The van der Waals surface area contributed by atoms with Crippen molar-refractivity contribution in [3.63, 3.8) is 0 Å². The highest BCUT2D eigenvalue weighted by Crippen LogP contribution is 2.29. The molecule has 1 fully saturated rings. The number of anilines is 1. The molecule has 0 spiro atoms. The lowest BCUT2D eigenvalue weighted by Crippen LogP contribution is -2.41. The van der Waals surface area contributed by atoms with Gasteiger partial charge in [0.05, 0.1) is 11.4 Å². The van der Waals surface area contributed by atoms with E-state index in [-0.39, 0.29) is 0 Å². The standard InChI is InChI=1S/C12H19N3S/c1-9-7-15(8-10(2)16-9)12-4-3-5-14-11(12)6-13/h3-5,9-10H,6-8,13H2,1-2H3. The normalized spacial score (nSPS) is 25.8. The molecule has 0 aromatic carbocycles. The molecule has 1 aliphatic rings. The van der Waals surface area contributed by atoms with Crippen molar-refractivity contribution in [2.24, 2.45) is 5.73 Å². The van der Waals surface area contributed by atoms with Crippen molar-refractivity contribution in [1.29, 1.82) is 0 Å². The first-order valence-corrected chi connectivity index (χ1v) is 6.69. The summed E-state index contributed by atoms with van der Waals surface area (Å²) < 4.78 is 0. The summed E-state index contributed by atoms with van der Waals surface area (Å²) in [5, 5.41) is 1.35. The molecule has 16 heavy (non-hydrogen) atoms. The predicted molar refractivity (Wildman–Crippen MR) is 70.9 cm³/mol. The van der Waals surface area contributed by atoms with E-state index in [2.05, 4.69) is 41.6 Å². The first-order chi connectivity index (χ1) is 7.70. The summed E-state index contributed by atoms with van der Waals surface area (Å²) in [5.74, 6) is 0. The molecule has 1 saturated heterocycles. The minimum atomic E-state index is 0.516. The van der Waals surface area contributed by atoms with Gasteiger partial charge in [-0.25, -0.2) is 0 Å². The van der Waals surface area contributed by atoms with Crippen LogP contribution in [0.4, 0.5) is 5.69 Å². The SMILES string of the molecule is CC1CN(c2cccnc2CN)CC(C)S1. The van der Waals surface area contributed by atoms with E-state index >= 15 is 0 Å². The van der Waals surface area contributed by atoms with Gasteiger partial charge in [0.25, 0.3) is 0 Å². The minimum Gasteiger partial charge on any atom is -0.368 e. The quantitative estimate of drug-likeness (QED) is 0.852. The van der Waals surface area contributed by atoms with Crippen molar-refractivity contribution in [1.82, 2.24) is 4.98 Å². The molecule has 2 heterocycles. The maximum atomic E-state index is 5.73. The molecule has 88 valence electrons. The highest BCUT2D eigenvalue weighted by atomic mass is 32.2. The Bertz CT molecular complexity index is 346. The summed E-state index contributed by atoms with van der Waals surface area (Å²) in [6.07, 6.45) is 1.82. The first kappa shape index (κ1) is 11.7. The Morgan fingerprint density at radius 1 is 1.44 bits per heavy atom. The molecule has 2 atom stereocenters. The number of hydrogen-bond acceptors (Lipinski definition) is 4. The third-order valence-corrected chi connectivity index (χ3v) is 4.05. The van der Waals surface area contributed by atoms with Gasteiger partial charge >= 0.3 is 0 Å². The first-order valence-electron chi connectivity index (χ1n) is 5.75. The average molecular weight is 237 g/mol. The molecule has 0 saturated carbocycles. The summed E-state index contributed by atoms with van der Waals surface area (Å²) in [5.41, 5.74) is 7.95. The maximum absolute atomic E-state index is 5.73. The van der Waals surface area contributed by atoms with Gasteiger partial charge in [0.2, 0.25) is 0 Å². The number of nitrogens with two attached hydrogens (primary N) is 1. The molecule has 3 nitrogen and oxygen atoms in total. The lowest BCUT2D eigenvalue weighted by molar-refractivity contribution is 0.720. The number of rotatable bonds is 2. The summed E-state index contributed by atoms with van der Waals surface area (Å²) >= 11 is 2.06. The van der Waals surface area contributed by atoms with Gasteiger partial charge in [-0.15, -0.1) is 0 Å². The van der Waals surface area contributed by atoms with Crippen molar-refractivity contribution >= 4 is 17.4 Å². The zero-order valence-corrected chi connectivity index (χ0v) is 10.7. The third kappa shape index (κ3) is 2.50. The van der Waals surface area contributed by atoms with Crippen LogP contribution in [-0.2, 0) is 6.54 Å². The van der Waals surface area contributed by atoms with E-state index in [1.807, 2.05) is 12.3 Å². The molecule has 0 radical (unpaired) electrons. The molecular formula is C12H19N3S. The van der Waals surface area contributed by atoms with Crippen molar-refractivity contribution in [2.45, 2.75) is 30.9 Å². The third-order valence-electron chi connectivity index (χ3n) is 2.82. The fourth-order valence-electron chi connectivity index (χ4n) is 2.25. The zero-order valence-electron chi connectivity index (χ0n) is 9.89. The van der Waals surface area contributed by atoms with Crippen molar-refractivity contribution in [2.75, 3.05) is 18.0 Å². The highest BCUT2D eigenvalue weighted by Gasteiger charge is 2.23. The van der Waals surface area contributed by atoms with Crippen LogP contribution in [0.1, 0.15) is 19.5 Å². The Balaban J connectivity index is 2.22. The van der Waals surface area contributed by atoms with Gasteiger partial charge in [-0.1, -0.05) is 13.8 Å². The Kier molecular flexibility index (Phi) is 3.71. The summed E-state index contributed by atoms with van der Waals surface area (Å²) in [6.45, 7) is 7.27. The molecule has 0 aliphatic carbocycles. The van der Waals surface area contributed by atoms with Crippen LogP contribution >= 0.6 is 11.8 Å². The van der Waals surface area contributed by atoms with E-state index < -0.39 is 0 Å². The fourth-order valence-corrected chi connectivity index (χ4v) is 3.57. The van der Waals surface area contributed by atoms with Crippen LogP contribution in [0.3, 0.4) is 0 Å². The van der Waals surface area contributed by atoms with Crippen LogP contribution in [-0.4, -0.2) is 28.6 Å². The second-order valence-corrected chi connectivity index (χ2v) is 6.22. The predicted octanol–water partition coefficient (Wildman–Crippen LogP) is 1.87. The van der Waals surface area contributed by atoms with Crippen molar-refractivity contribution < 1.29 is 0 Å². The number of hydrogen-bond donors (Lipinski definition) is 1. The second kappa shape index (κ2) is 5.06. The summed E-state index contributed by atoms with van der Waals surface area (Å²) in [7, 11) is 0. The van der Waals surface area contributed by atoms with Crippen LogP contribution in [0.5, 0.6) is 0 Å². The summed E-state index contributed by atoms with van der Waals surface area (Å²) in [6, 6.07) is 4.12. The minimum absolute atomic E-state index is 0.516. The molecular weight excluding hydrogens is 218 g/mol. The average Bonchev–Trinajstić information content (AvgIpc) is 2.27. The van der Waals surface area contributed by atoms with E-state index in [0.29, 0.717) is 17.0 Å². The van der Waals surface area contributed by atoms with Gasteiger partial charge in [-0.3, -0.25) is 4.98 Å². The van der Waals surface area contributed by atoms with E-state index in [4.69, 9.17) is 5.73 Å². The van der Waals surface area contributed by atoms with Crippen LogP contribution in [0.15, 0.2) is 18.3 Å². The fraction of sp³-hybridized carbons (Fsp3) is 0.583. The van der Waals surface area contributed by atoms with Gasteiger partial charge in [-0.05, 0) is 12.1 Å². The maximum Gasteiger partial charge on any atom is 0.0772 e. The Morgan fingerprint density at radius 2 is 2.12 bits per heavy atom. The molecule has 2 N–H and O–H groups in total. The Morgan fingerprint density at radius 3 is 2.75 bits per heavy atom. The highest BCUT2D eigenvalue weighted by molar-refractivity contribution is 8.00. The number of aromatic nitrogens is 1. The number of nitrogens with zero attached hydrogens (tertiary/aromatic N) is 2. The van der Waals surface area contributed by atoms with Crippen LogP contribution in [0.25, 0.3) is 0 Å². The topological polar surface area (TPSA) is 42.2 Å².